The van der Waals surface area contributed by atoms with E-state index < -0.39 is 161 Å². The molecule has 1 fully saturated rings. The van der Waals surface area contributed by atoms with Gasteiger partial charge in [0.05, 0.1) is 31.5 Å². The predicted octanol–water partition coefficient (Wildman–Crippen LogP) is 2.49. The minimum Gasteiger partial charge on any atom is -0.394 e. The van der Waals surface area contributed by atoms with Crippen LogP contribution in [0.25, 0.3) is 0 Å². The Hall–Kier alpha value is -5.90. The van der Waals surface area contributed by atoms with Crippen molar-refractivity contribution in [2.75, 3.05) is 80.7 Å². The number of rotatable bonds is 22. The Kier molecular flexibility index (Phi) is 36.6. The average molecular weight is 1350 g/mol. The van der Waals surface area contributed by atoms with Gasteiger partial charge in [0, 0.05) is 67.3 Å². The zero-order valence-electron chi connectivity index (χ0n) is 61.1. The molecule has 1 saturated heterocycles. The van der Waals surface area contributed by atoms with Crippen LogP contribution in [0.3, 0.4) is 0 Å². The number of thioether (sulfide) groups is 1. The molecule has 11 amide bonds. The smallest absolute Gasteiger partial charge is 0.246 e. The fourth-order valence-electron chi connectivity index (χ4n) is 11.5. The second kappa shape index (κ2) is 40.0. The number of aliphatic hydroxyl groups is 3. The third kappa shape index (κ3) is 25.3. The SMILES string of the molecule is C/C=C/C[C@@H](C)[C@@H](O)[C@H]1C(=O)N[C@@H](CC)C(=O)N(C)[C@H](CSCCOCCO)C(=O)N(C)[C@@H](CC(C)(C)O)C(=O)N[C@@H](C(C)C)C(=O)N(C)[C@@H](CC(C)C)C(=O)N[C@@H](C)C(=O)N[C@H](C)C(=O)N(C)[C@@H](CC(C)C)C(=O)N(C)[C@@H](CC(C)C)C(=O)N(C)[C@@H](C(C)C)C(=O)N1C. The van der Waals surface area contributed by atoms with Gasteiger partial charge in [0.15, 0.2) is 0 Å². The Morgan fingerprint density at radius 1 is 0.521 bits per heavy atom. The molecule has 0 radical (unpaired) electrons. The minimum absolute atomic E-state index is 0.0471. The maximum absolute atomic E-state index is 15.3. The molecule has 0 bridgehead atoms. The van der Waals surface area contributed by atoms with Gasteiger partial charge in [-0.1, -0.05) is 95.2 Å². The van der Waals surface area contributed by atoms with Crippen molar-refractivity contribution in [3.05, 3.63) is 12.2 Å². The molecule has 13 atom stereocenters. The molecule has 1 aliphatic rings. The molecule has 0 aromatic heterocycles. The Morgan fingerprint density at radius 2 is 0.968 bits per heavy atom. The summed E-state index contributed by atoms with van der Waals surface area (Å²) in [5, 5.41) is 43.9. The van der Waals surface area contributed by atoms with Crippen molar-refractivity contribution in [3.63, 3.8) is 0 Å². The number of likely N-dealkylation sites (N-methyl/N-ethyl adjacent to an activating group) is 7. The molecule has 1 rings (SSSR count). The van der Waals surface area contributed by atoms with Crippen molar-refractivity contribution < 1.29 is 72.8 Å². The number of amides is 11. The summed E-state index contributed by atoms with van der Waals surface area (Å²) in [4.78, 5) is 172. The van der Waals surface area contributed by atoms with E-state index in [1.165, 1.54) is 108 Å². The first-order valence-corrected chi connectivity index (χ1v) is 34.5. The van der Waals surface area contributed by atoms with Gasteiger partial charge in [-0.3, -0.25) is 52.7 Å². The average Bonchev–Trinajstić information content (AvgIpc) is 0.809. The van der Waals surface area contributed by atoms with Crippen LogP contribution in [0.5, 0.6) is 0 Å². The van der Waals surface area contributed by atoms with Crippen LogP contribution in [-0.4, -0.2) is 273 Å². The molecule has 26 nitrogen and oxygen atoms in total. The van der Waals surface area contributed by atoms with Crippen LogP contribution in [-0.2, 0) is 57.5 Å². The molecular weight excluding hydrogens is 1230 g/mol. The normalized spacial score (nSPS) is 26.4. The fraction of sp³-hybridized carbons (Fsp3) is 0.806. The Morgan fingerprint density at radius 3 is 1.45 bits per heavy atom. The van der Waals surface area contributed by atoms with Crippen molar-refractivity contribution in [2.24, 2.45) is 35.5 Å². The van der Waals surface area contributed by atoms with Crippen LogP contribution in [0.2, 0.25) is 0 Å². The zero-order valence-corrected chi connectivity index (χ0v) is 61.9. The molecule has 0 spiro atoms. The van der Waals surface area contributed by atoms with Crippen molar-refractivity contribution in [1.29, 1.82) is 0 Å². The molecule has 1 aliphatic heterocycles. The largest absolute Gasteiger partial charge is 0.394 e. The highest BCUT2D eigenvalue weighted by Crippen LogP contribution is 2.27. The monoisotopic (exact) mass is 1350 g/mol. The summed E-state index contributed by atoms with van der Waals surface area (Å²) >= 11 is 1.22. The third-order valence-corrected chi connectivity index (χ3v) is 18.3. The standard InChI is InChI=1S/C67H121N11O15S/c1-25-27-28-43(13)55(80)54-59(84)70-46(26-2)61(86)76(22)51(37-94-32-31-93-30-29-79)64(89)75(21)50(36-67(16,17)92)58(83)71-52(41(9)10)65(90)72(18)47(33-38(3)4)57(82)68-44(14)56(81)69-45(15)60(85)73(19)48(34-39(5)6)62(87)74(20)49(35-40(7)8)63(88)77(23)53(42(11)12)66(91)78(54)24/h25,27,38-55,79-80,92H,26,28-37H2,1-24H3,(H,68,82)(H,69,81)(H,70,84)(H,71,83)/b27-25+/t43-,44+,45-,46+,47+,48+,49+,50+,51-,52+,53+,54+,55-/m1/s1. The first kappa shape index (κ1) is 86.1. The number of nitrogens with one attached hydrogen (secondary N) is 4. The number of hydrogen-bond donors (Lipinski definition) is 7. The van der Waals surface area contributed by atoms with Crippen LogP contribution < -0.4 is 21.3 Å². The van der Waals surface area contributed by atoms with Gasteiger partial charge in [0.1, 0.15) is 66.5 Å². The number of aliphatic hydroxyl groups excluding tert-OH is 2. The van der Waals surface area contributed by atoms with Gasteiger partial charge in [-0.05, 0) is 102 Å². The summed E-state index contributed by atoms with van der Waals surface area (Å²) < 4.78 is 5.48. The number of allylic oxidation sites excluding steroid dienone is 2. The van der Waals surface area contributed by atoms with Gasteiger partial charge in [-0.15, -0.1) is 0 Å². The highest BCUT2D eigenvalue weighted by atomic mass is 32.2. The number of hydrogen-bond acceptors (Lipinski definition) is 16. The van der Waals surface area contributed by atoms with Gasteiger partial charge in [0.25, 0.3) is 0 Å². The lowest BCUT2D eigenvalue weighted by Crippen LogP contribution is -2.64. The number of nitrogens with zero attached hydrogens (tertiary/aromatic N) is 7. The van der Waals surface area contributed by atoms with Gasteiger partial charge in [0.2, 0.25) is 65.0 Å². The molecule has 94 heavy (non-hydrogen) atoms. The molecule has 7 N–H and O–H groups in total. The molecule has 0 aromatic rings. The summed E-state index contributed by atoms with van der Waals surface area (Å²) in [7, 11) is 9.71. The van der Waals surface area contributed by atoms with E-state index in [2.05, 4.69) is 21.3 Å². The Balaban J connectivity index is 4.56. The van der Waals surface area contributed by atoms with E-state index in [0.717, 1.165) is 14.7 Å². The molecule has 27 heteroatoms. The summed E-state index contributed by atoms with van der Waals surface area (Å²) in [6.07, 6.45) is 2.19. The van der Waals surface area contributed by atoms with E-state index in [-0.39, 0.29) is 87.6 Å². The quantitative estimate of drug-likeness (QED) is 0.0605. The van der Waals surface area contributed by atoms with E-state index in [0.29, 0.717) is 0 Å². The molecule has 0 saturated carbocycles. The summed E-state index contributed by atoms with van der Waals surface area (Å²) in [6, 6.07) is -14.7. The molecular formula is C67H121N11O15S. The van der Waals surface area contributed by atoms with Crippen molar-refractivity contribution in [3.8, 4) is 0 Å². The van der Waals surface area contributed by atoms with Gasteiger partial charge < -0.3 is 75.6 Å². The minimum atomic E-state index is -1.68. The van der Waals surface area contributed by atoms with Crippen LogP contribution in [0.1, 0.15) is 156 Å². The Bertz CT molecular complexity index is 2550. The number of carbonyl (C=O) groups excluding carboxylic acids is 11. The van der Waals surface area contributed by atoms with Crippen LogP contribution >= 0.6 is 11.8 Å². The molecule has 0 unspecified atom stereocenters. The van der Waals surface area contributed by atoms with E-state index >= 15 is 28.8 Å². The number of ether oxygens (including phenoxy) is 1. The highest BCUT2D eigenvalue weighted by molar-refractivity contribution is 7.99. The lowest BCUT2D eigenvalue weighted by Gasteiger charge is -2.41. The summed E-state index contributed by atoms with van der Waals surface area (Å²) in [6.45, 7) is 28.7. The van der Waals surface area contributed by atoms with Crippen LogP contribution in [0.15, 0.2) is 12.2 Å². The lowest BCUT2D eigenvalue weighted by atomic mass is 9.91. The van der Waals surface area contributed by atoms with Crippen molar-refractivity contribution in [2.45, 2.75) is 234 Å². The van der Waals surface area contributed by atoms with E-state index in [1.54, 1.807) is 60.6 Å². The molecule has 540 valence electrons. The fourth-order valence-corrected chi connectivity index (χ4v) is 12.4. The maximum atomic E-state index is 15.3. The summed E-state index contributed by atoms with van der Waals surface area (Å²) in [5.41, 5.74) is -1.61. The van der Waals surface area contributed by atoms with Gasteiger partial charge in [-0.2, -0.15) is 11.8 Å². The van der Waals surface area contributed by atoms with E-state index in [1.807, 2.05) is 41.5 Å². The van der Waals surface area contributed by atoms with E-state index in [4.69, 9.17) is 4.74 Å². The Labute approximate surface area is 565 Å². The van der Waals surface area contributed by atoms with E-state index in [9.17, 15) is 39.3 Å². The number of carbonyl (C=O) groups is 11. The van der Waals surface area contributed by atoms with Gasteiger partial charge >= 0.3 is 0 Å². The second-order valence-electron chi connectivity index (χ2n) is 28.1. The second-order valence-corrected chi connectivity index (χ2v) is 29.3. The molecule has 1 heterocycles. The maximum Gasteiger partial charge on any atom is 0.246 e. The summed E-state index contributed by atoms with van der Waals surface area (Å²) in [5.74, 6) is -10.4. The first-order valence-electron chi connectivity index (χ1n) is 33.3. The molecule has 0 aliphatic carbocycles. The topological polar surface area (TPSA) is 328 Å². The van der Waals surface area contributed by atoms with Crippen molar-refractivity contribution in [1.82, 2.24) is 55.6 Å². The third-order valence-electron chi connectivity index (χ3n) is 17.3. The first-order chi connectivity index (χ1) is 43.5. The molecule has 0 aromatic carbocycles. The predicted molar refractivity (Wildman–Crippen MR) is 364 cm³/mol. The van der Waals surface area contributed by atoms with Gasteiger partial charge in [-0.25, -0.2) is 0 Å². The van der Waals surface area contributed by atoms with Crippen LogP contribution in [0, 0.1) is 35.5 Å². The zero-order chi connectivity index (χ0) is 72.7. The van der Waals surface area contributed by atoms with Crippen molar-refractivity contribution >= 4 is 76.7 Å². The lowest BCUT2D eigenvalue weighted by molar-refractivity contribution is -0.157. The van der Waals surface area contributed by atoms with Crippen LogP contribution in [0.4, 0.5) is 0 Å². The highest BCUT2D eigenvalue weighted by Gasteiger charge is 2.47.